The Kier molecular flexibility index (Phi) is 4.23. The van der Waals surface area contributed by atoms with Crippen LogP contribution in [-0.2, 0) is 0 Å². The summed E-state index contributed by atoms with van der Waals surface area (Å²) in [5.41, 5.74) is 0.465. The molecule has 0 aromatic heterocycles. The van der Waals surface area contributed by atoms with Gasteiger partial charge in [-0.15, -0.1) is 0 Å². The number of halogens is 1. The molecule has 2 rings (SSSR count). The molecule has 3 unspecified atom stereocenters. The summed E-state index contributed by atoms with van der Waals surface area (Å²) in [6.45, 7) is 5.95. The van der Waals surface area contributed by atoms with Crippen LogP contribution in [0.2, 0.25) is 0 Å². The monoisotopic (exact) mass is 264 g/mol. The van der Waals surface area contributed by atoms with Gasteiger partial charge in [0.05, 0.1) is 11.7 Å². The first-order valence-electron chi connectivity index (χ1n) is 6.94. The van der Waals surface area contributed by atoms with Crippen molar-refractivity contribution in [2.75, 3.05) is 0 Å². The van der Waals surface area contributed by atoms with Crippen LogP contribution in [0, 0.1) is 17.7 Å². The van der Waals surface area contributed by atoms with Crippen LogP contribution in [-0.4, -0.2) is 11.9 Å². The third-order valence-corrected chi connectivity index (χ3v) is 4.17. The number of ether oxygens (including phenoxy) is 1. The van der Waals surface area contributed by atoms with E-state index >= 15 is 0 Å². The number of benzene rings is 1. The maximum atomic E-state index is 13.3. The Morgan fingerprint density at radius 1 is 1.26 bits per heavy atom. The van der Waals surface area contributed by atoms with E-state index in [1.54, 1.807) is 0 Å². The van der Waals surface area contributed by atoms with Crippen molar-refractivity contribution in [1.82, 2.24) is 0 Å². The minimum atomic E-state index is -0.364. The molecule has 2 nitrogen and oxygen atoms in total. The summed E-state index contributed by atoms with van der Waals surface area (Å²) in [7, 11) is 0. The molecule has 1 aliphatic carbocycles. The lowest BCUT2D eigenvalue weighted by atomic mass is 9.80. The zero-order valence-electron chi connectivity index (χ0n) is 11.8. The van der Waals surface area contributed by atoms with Crippen molar-refractivity contribution in [1.29, 1.82) is 0 Å². The van der Waals surface area contributed by atoms with Crippen molar-refractivity contribution < 1.29 is 13.9 Å². The molecule has 1 aromatic rings. The summed E-state index contributed by atoms with van der Waals surface area (Å²) in [4.78, 5) is 11.5. The molecule has 0 amide bonds. The van der Waals surface area contributed by atoms with Crippen LogP contribution in [0.25, 0.3) is 0 Å². The maximum Gasteiger partial charge on any atom is 0.163 e. The van der Waals surface area contributed by atoms with E-state index in [1.807, 2.05) is 0 Å². The first kappa shape index (κ1) is 14.0. The van der Waals surface area contributed by atoms with E-state index in [9.17, 15) is 9.18 Å². The number of ketones is 1. The van der Waals surface area contributed by atoms with E-state index in [-0.39, 0.29) is 17.7 Å². The summed E-state index contributed by atoms with van der Waals surface area (Å²) in [6, 6.07) is 4.12. The van der Waals surface area contributed by atoms with Gasteiger partial charge in [-0.1, -0.05) is 13.8 Å². The minimum Gasteiger partial charge on any atom is -0.490 e. The number of hydrogen-bond donors (Lipinski definition) is 0. The molecule has 1 aromatic carbocycles. The first-order valence-corrected chi connectivity index (χ1v) is 6.94. The summed E-state index contributed by atoms with van der Waals surface area (Å²) >= 11 is 0. The summed E-state index contributed by atoms with van der Waals surface area (Å²) in [5.74, 6) is 1.25. The Morgan fingerprint density at radius 3 is 2.63 bits per heavy atom. The fourth-order valence-corrected chi connectivity index (χ4v) is 2.67. The average Bonchev–Trinajstić information content (AvgIpc) is 2.33. The maximum absolute atomic E-state index is 13.3. The van der Waals surface area contributed by atoms with E-state index in [0.717, 1.165) is 19.3 Å². The number of hydrogen-bond acceptors (Lipinski definition) is 2. The SMILES string of the molecule is CC(=O)c1ccc(F)cc1OC1CCC(C)C(C)C1. The topological polar surface area (TPSA) is 26.3 Å². The van der Waals surface area contributed by atoms with Crippen LogP contribution in [0.4, 0.5) is 4.39 Å². The van der Waals surface area contributed by atoms with Gasteiger partial charge in [-0.25, -0.2) is 4.39 Å². The number of carbonyl (C=O) groups is 1. The van der Waals surface area contributed by atoms with Gasteiger partial charge in [0.15, 0.2) is 5.78 Å². The molecule has 1 fully saturated rings. The van der Waals surface area contributed by atoms with E-state index < -0.39 is 0 Å². The average molecular weight is 264 g/mol. The zero-order chi connectivity index (χ0) is 14.0. The Hall–Kier alpha value is -1.38. The van der Waals surface area contributed by atoms with Gasteiger partial charge in [0.2, 0.25) is 0 Å². The molecule has 0 radical (unpaired) electrons. The van der Waals surface area contributed by atoms with Crippen LogP contribution in [0.3, 0.4) is 0 Å². The number of Topliss-reactive ketones (excluding diaryl/α,β-unsaturated/α-hetero) is 1. The molecule has 0 aliphatic heterocycles. The molecular weight excluding hydrogens is 243 g/mol. The number of rotatable bonds is 3. The van der Waals surface area contributed by atoms with Crippen molar-refractivity contribution >= 4 is 5.78 Å². The second kappa shape index (κ2) is 5.72. The Morgan fingerprint density at radius 2 is 2.00 bits per heavy atom. The molecule has 0 saturated heterocycles. The summed E-state index contributed by atoms with van der Waals surface area (Å²) in [6.07, 6.45) is 3.15. The Balaban J connectivity index is 2.14. The van der Waals surface area contributed by atoms with Gasteiger partial charge in [-0.05, 0) is 50.2 Å². The van der Waals surface area contributed by atoms with Crippen LogP contribution in [0.1, 0.15) is 50.4 Å². The normalized spacial score (nSPS) is 27.1. The lowest BCUT2D eigenvalue weighted by Gasteiger charge is -2.32. The Bertz CT molecular complexity index is 470. The second-order valence-electron chi connectivity index (χ2n) is 5.70. The standard InChI is InChI=1S/C16H21FO2/c1-10-4-6-14(8-11(10)2)19-16-9-13(17)5-7-15(16)12(3)18/h5,7,9-11,14H,4,6,8H2,1-3H3. The van der Waals surface area contributed by atoms with Crippen molar-refractivity contribution in [3.8, 4) is 5.75 Å². The van der Waals surface area contributed by atoms with Crippen molar-refractivity contribution in [2.45, 2.75) is 46.1 Å². The number of carbonyl (C=O) groups excluding carboxylic acids is 1. The lowest BCUT2D eigenvalue weighted by Crippen LogP contribution is -2.29. The van der Waals surface area contributed by atoms with Gasteiger partial charge in [-0.3, -0.25) is 4.79 Å². The van der Waals surface area contributed by atoms with Gasteiger partial charge in [0.1, 0.15) is 11.6 Å². The Labute approximate surface area is 114 Å². The smallest absolute Gasteiger partial charge is 0.163 e. The van der Waals surface area contributed by atoms with Crippen molar-refractivity contribution in [2.24, 2.45) is 11.8 Å². The summed E-state index contributed by atoms with van der Waals surface area (Å²) in [5, 5.41) is 0. The molecule has 0 N–H and O–H groups in total. The molecule has 1 saturated carbocycles. The molecule has 3 atom stereocenters. The van der Waals surface area contributed by atoms with E-state index in [1.165, 1.54) is 25.1 Å². The largest absolute Gasteiger partial charge is 0.490 e. The molecular formula is C16H21FO2. The highest BCUT2D eigenvalue weighted by Gasteiger charge is 2.26. The fourth-order valence-electron chi connectivity index (χ4n) is 2.67. The minimum absolute atomic E-state index is 0.0890. The van der Waals surface area contributed by atoms with Gasteiger partial charge >= 0.3 is 0 Å². The van der Waals surface area contributed by atoms with Gasteiger partial charge in [-0.2, -0.15) is 0 Å². The highest BCUT2D eigenvalue weighted by molar-refractivity contribution is 5.96. The van der Waals surface area contributed by atoms with Crippen LogP contribution in [0.15, 0.2) is 18.2 Å². The van der Waals surface area contributed by atoms with Gasteiger partial charge in [0, 0.05) is 6.07 Å². The second-order valence-corrected chi connectivity index (χ2v) is 5.70. The third-order valence-electron chi connectivity index (χ3n) is 4.17. The first-order chi connectivity index (χ1) is 8.97. The van der Waals surface area contributed by atoms with Crippen molar-refractivity contribution in [3.05, 3.63) is 29.6 Å². The molecule has 3 heteroatoms. The highest BCUT2D eigenvalue weighted by atomic mass is 19.1. The van der Waals surface area contributed by atoms with E-state index in [4.69, 9.17) is 4.74 Å². The molecule has 0 heterocycles. The third kappa shape index (κ3) is 3.34. The van der Waals surface area contributed by atoms with Gasteiger partial charge in [0.25, 0.3) is 0 Å². The molecule has 0 spiro atoms. The quantitative estimate of drug-likeness (QED) is 0.764. The predicted molar refractivity (Wildman–Crippen MR) is 73.0 cm³/mol. The zero-order valence-corrected chi connectivity index (χ0v) is 11.8. The fraction of sp³-hybridized carbons (Fsp3) is 0.562. The van der Waals surface area contributed by atoms with Gasteiger partial charge < -0.3 is 4.74 Å². The summed E-state index contributed by atoms with van der Waals surface area (Å²) < 4.78 is 19.2. The van der Waals surface area contributed by atoms with Crippen molar-refractivity contribution in [3.63, 3.8) is 0 Å². The van der Waals surface area contributed by atoms with Crippen LogP contribution in [0.5, 0.6) is 5.75 Å². The molecule has 19 heavy (non-hydrogen) atoms. The molecule has 0 bridgehead atoms. The van der Waals surface area contributed by atoms with E-state index in [0.29, 0.717) is 23.1 Å². The predicted octanol–water partition coefficient (Wildman–Crippen LogP) is 4.23. The van der Waals surface area contributed by atoms with Crippen LogP contribution >= 0.6 is 0 Å². The van der Waals surface area contributed by atoms with E-state index in [2.05, 4.69) is 13.8 Å². The molecule has 104 valence electrons. The van der Waals surface area contributed by atoms with Crippen LogP contribution < -0.4 is 4.74 Å². The lowest BCUT2D eigenvalue weighted by molar-refractivity contribution is 0.0937. The highest BCUT2D eigenvalue weighted by Crippen LogP contribution is 2.33. The molecule has 1 aliphatic rings.